The Bertz CT molecular complexity index is 875. The molecule has 0 atom stereocenters. The van der Waals surface area contributed by atoms with E-state index >= 15 is 0 Å². The maximum Gasteiger partial charge on any atom is 0.256 e. The molecule has 23 heavy (non-hydrogen) atoms. The van der Waals surface area contributed by atoms with Gasteiger partial charge < -0.3 is 4.74 Å². The van der Waals surface area contributed by atoms with Crippen LogP contribution in [0.5, 0.6) is 5.75 Å². The summed E-state index contributed by atoms with van der Waals surface area (Å²) in [7, 11) is 0. The van der Waals surface area contributed by atoms with Gasteiger partial charge >= 0.3 is 0 Å². The van der Waals surface area contributed by atoms with Crippen LogP contribution >= 0.6 is 11.6 Å². The Labute approximate surface area is 139 Å². The van der Waals surface area contributed by atoms with Crippen molar-refractivity contribution in [3.05, 3.63) is 72.8 Å². The molecule has 0 aliphatic rings. The second-order valence-corrected chi connectivity index (χ2v) is 5.26. The van der Waals surface area contributed by atoms with E-state index in [4.69, 9.17) is 16.3 Å². The molecular weight excluding hydrogens is 310 g/mol. The summed E-state index contributed by atoms with van der Waals surface area (Å²) in [6.07, 6.45) is 1.62. The number of rotatable bonds is 5. The van der Waals surface area contributed by atoms with Crippen molar-refractivity contribution < 1.29 is 9.53 Å². The Morgan fingerprint density at radius 1 is 1.13 bits per heavy atom. The molecule has 0 saturated heterocycles. The zero-order valence-electron chi connectivity index (χ0n) is 12.3. The minimum Gasteiger partial charge on any atom is -0.486 e. The number of benzene rings is 2. The van der Waals surface area contributed by atoms with Crippen LogP contribution < -0.4 is 4.74 Å². The van der Waals surface area contributed by atoms with E-state index in [9.17, 15) is 4.79 Å². The Morgan fingerprint density at radius 3 is 2.52 bits per heavy atom. The van der Waals surface area contributed by atoms with Crippen LogP contribution in [0.1, 0.15) is 10.4 Å². The van der Waals surface area contributed by atoms with E-state index in [2.05, 4.69) is 11.6 Å². The number of aromatic nitrogens is 1. The topological polar surface area (TPSA) is 39.2 Å². The van der Waals surface area contributed by atoms with Crippen LogP contribution in [0.2, 0.25) is 0 Å². The summed E-state index contributed by atoms with van der Waals surface area (Å²) in [4.78, 5) is 16.7. The van der Waals surface area contributed by atoms with Crippen molar-refractivity contribution in [1.29, 1.82) is 0 Å². The molecule has 2 aromatic carbocycles. The highest BCUT2D eigenvalue weighted by molar-refractivity contribution is 6.69. The van der Waals surface area contributed by atoms with Crippen LogP contribution in [-0.4, -0.2) is 16.8 Å². The number of hydrogen-bond acceptors (Lipinski definition) is 3. The van der Waals surface area contributed by atoms with Crippen molar-refractivity contribution in [3.8, 4) is 17.0 Å². The van der Waals surface area contributed by atoms with E-state index in [0.29, 0.717) is 27.9 Å². The highest BCUT2D eigenvalue weighted by Gasteiger charge is 2.21. The first-order valence-corrected chi connectivity index (χ1v) is 7.52. The Kier molecular flexibility index (Phi) is 4.40. The molecule has 114 valence electrons. The third kappa shape index (κ3) is 2.96. The number of para-hydroxylation sites is 1. The molecule has 3 aromatic rings. The van der Waals surface area contributed by atoms with Crippen molar-refractivity contribution in [2.24, 2.45) is 0 Å². The van der Waals surface area contributed by atoms with E-state index in [0.717, 1.165) is 5.56 Å². The van der Waals surface area contributed by atoms with Gasteiger partial charge in [0.2, 0.25) is 0 Å². The fourth-order valence-corrected chi connectivity index (χ4v) is 2.65. The lowest BCUT2D eigenvalue weighted by atomic mass is 10.0. The first-order chi connectivity index (χ1) is 11.2. The minimum atomic E-state index is -0.570. The van der Waals surface area contributed by atoms with Crippen LogP contribution in [0, 0.1) is 0 Å². The van der Waals surface area contributed by atoms with Crippen LogP contribution in [0.15, 0.2) is 67.3 Å². The lowest BCUT2D eigenvalue weighted by Crippen LogP contribution is -2.05. The van der Waals surface area contributed by atoms with Gasteiger partial charge in [0.25, 0.3) is 5.24 Å². The second kappa shape index (κ2) is 6.63. The van der Waals surface area contributed by atoms with Crippen molar-refractivity contribution in [1.82, 2.24) is 4.98 Å². The van der Waals surface area contributed by atoms with Gasteiger partial charge in [0.1, 0.15) is 12.3 Å². The largest absolute Gasteiger partial charge is 0.486 e. The summed E-state index contributed by atoms with van der Waals surface area (Å²) in [5.74, 6) is 0.384. The van der Waals surface area contributed by atoms with Gasteiger partial charge in [-0.05, 0) is 17.7 Å². The highest BCUT2D eigenvalue weighted by atomic mass is 35.5. The van der Waals surface area contributed by atoms with Crippen molar-refractivity contribution in [3.63, 3.8) is 0 Å². The van der Waals surface area contributed by atoms with Gasteiger partial charge in [-0.25, -0.2) is 4.98 Å². The first kappa shape index (κ1) is 15.3. The van der Waals surface area contributed by atoms with Gasteiger partial charge in [-0.2, -0.15) is 0 Å². The number of nitrogens with zero attached hydrogens (tertiary/aromatic N) is 1. The Balaban J connectivity index is 2.37. The lowest BCUT2D eigenvalue weighted by molar-refractivity contribution is 0.107. The van der Waals surface area contributed by atoms with Gasteiger partial charge in [-0.1, -0.05) is 61.2 Å². The standard InChI is InChI=1S/C19H14ClNO2/c1-2-12-23-18-16(19(20)22)14-10-6-7-11-15(14)21-17(18)13-8-4-3-5-9-13/h2-11H,1,12H2. The maximum atomic E-state index is 12.1. The SMILES string of the molecule is C=CCOc1c(-c2ccccc2)nc2ccccc2c1C(=O)Cl. The molecule has 0 fully saturated rings. The smallest absolute Gasteiger partial charge is 0.256 e. The zero-order valence-corrected chi connectivity index (χ0v) is 13.1. The molecule has 1 aromatic heterocycles. The van der Waals surface area contributed by atoms with Gasteiger partial charge in [0.15, 0.2) is 5.75 Å². The van der Waals surface area contributed by atoms with Gasteiger partial charge in [0, 0.05) is 10.9 Å². The Hall–Kier alpha value is -2.65. The van der Waals surface area contributed by atoms with Crippen molar-refractivity contribution in [2.75, 3.05) is 6.61 Å². The third-order valence-electron chi connectivity index (χ3n) is 3.44. The average Bonchev–Trinajstić information content (AvgIpc) is 2.59. The molecule has 0 spiro atoms. The molecule has 4 heteroatoms. The molecule has 0 aliphatic heterocycles. The highest BCUT2D eigenvalue weighted by Crippen LogP contribution is 2.37. The predicted molar refractivity (Wildman–Crippen MR) is 93.1 cm³/mol. The summed E-state index contributed by atoms with van der Waals surface area (Å²) in [6.45, 7) is 3.91. The molecule has 0 aliphatic carbocycles. The molecule has 0 radical (unpaired) electrons. The van der Waals surface area contributed by atoms with E-state index in [1.807, 2.05) is 54.6 Å². The van der Waals surface area contributed by atoms with Crippen LogP contribution in [0.25, 0.3) is 22.2 Å². The summed E-state index contributed by atoms with van der Waals surface area (Å²) >= 11 is 5.85. The molecule has 1 heterocycles. The number of carbonyl (C=O) groups excluding carboxylic acids is 1. The number of hydrogen-bond donors (Lipinski definition) is 0. The van der Waals surface area contributed by atoms with E-state index < -0.39 is 5.24 Å². The number of fused-ring (bicyclic) bond motifs is 1. The second-order valence-electron chi connectivity index (χ2n) is 4.92. The maximum absolute atomic E-state index is 12.1. The van der Waals surface area contributed by atoms with Gasteiger partial charge in [0.05, 0.1) is 11.1 Å². The fourth-order valence-electron chi connectivity index (χ4n) is 2.46. The zero-order chi connectivity index (χ0) is 16.2. The summed E-state index contributed by atoms with van der Waals surface area (Å²) in [6, 6.07) is 16.9. The third-order valence-corrected chi connectivity index (χ3v) is 3.63. The quantitative estimate of drug-likeness (QED) is 0.498. The van der Waals surface area contributed by atoms with Crippen LogP contribution in [-0.2, 0) is 0 Å². The summed E-state index contributed by atoms with van der Waals surface area (Å²) < 4.78 is 5.76. The molecule has 0 saturated carbocycles. The van der Waals surface area contributed by atoms with Crippen molar-refractivity contribution >= 4 is 27.7 Å². The van der Waals surface area contributed by atoms with Gasteiger partial charge in [-0.15, -0.1) is 0 Å². The lowest BCUT2D eigenvalue weighted by Gasteiger charge is -2.15. The van der Waals surface area contributed by atoms with Crippen LogP contribution in [0.4, 0.5) is 0 Å². The van der Waals surface area contributed by atoms with Crippen molar-refractivity contribution in [2.45, 2.75) is 0 Å². The fraction of sp³-hybridized carbons (Fsp3) is 0.0526. The number of carbonyl (C=O) groups is 1. The summed E-state index contributed by atoms with van der Waals surface area (Å²) in [5.41, 5.74) is 2.48. The van der Waals surface area contributed by atoms with Crippen LogP contribution in [0.3, 0.4) is 0 Å². The van der Waals surface area contributed by atoms with E-state index in [1.54, 1.807) is 6.08 Å². The van der Waals surface area contributed by atoms with Gasteiger partial charge in [-0.3, -0.25) is 4.79 Å². The molecule has 0 bridgehead atoms. The predicted octanol–water partition coefficient (Wildman–Crippen LogP) is 4.85. The van der Waals surface area contributed by atoms with E-state index in [-0.39, 0.29) is 6.61 Å². The number of pyridine rings is 1. The number of halogens is 1. The normalized spacial score (nSPS) is 10.5. The molecule has 3 rings (SSSR count). The molecule has 3 nitrogen and oxygen atoms in total. The first-order valence-electron chi connectivity index (χ1n) is 7.14. The molecule has 0 unspecified atom stereocenters. The van der Waals surface area contributed by atoms with E-state index in [1.165, 1.54) is 0 Å². The molecular formula is C19H14ClNO2. The average molecular weight is 324 g/mol. The molecule has 0 N–H and O–H groups in total. The minimum absolute atomic E-state index is 0.261. The Morgan fingerprint density at radius 2 is 1.83 bits per heavy atom. The number of ether oxygens (including phenoxy) is 1. The monoisotopic (exact) mass is 323 g/mol. The summed E-state index contributed by atoms with van der Waals surface area (Å²) in [5, 5.41) is 0.103. The molecule has 0 amide bonds.